The van der Waals surface area contributed by atoms with Crippen molar-refractivity contribution in [3.63, 3.8) is 0 Å². The highest BCUT2D eigenvalue weighted by molar-refractivity contribution is 5.91. The molecule has 0 radical (unpaired) electrons. The third-order valence-corrected chi connectivity index (χ3v) is 4.09. The van der Waals surface area contributed by atoms with E-state index in [1.54, 1.807) is 6.33 Å². The van der Waals surface area contributed by atoms with Gasteiger partial charge in [-0.2, -0.15) is 0 Å². The van der Waals surface area contributed by atoms with Gasteiger partial charge in [-0.05, 0) is 25.8 Å². The fraction of sp³-hybridized carbons (Fsp3) is 0.571. The molecule has 2 aromatic rings. The number of aliphatic hydroxyl groups is 1. The Morgan fingerprint density at radius 3 is 2.79 bits per heavy atom. The first kappa shape index (κ1) is 12.4. The predicted molar refractivity (Wildman–Crippen MR) is 75.3 cm³/mol. The van der Waals surface area contributed by atoms with E-state index in [1.807, 2.05) is 20.0 Å². The molecule has 0 atom stereocenters. The van der Waals surface area contributed by atoms with Crippen LogP contribution in [0.25, 0.3) is 11.0 Å². The minimum Gasteiger partial charge on any atom is -0.390 e. The van der Waals surface area contributed by atoms with Crippen molar-refractivity contribution in [3.8, 4) is 0 Å². The van der Waals surface area contributed by atoms with Gasteiger partial charge in [-0.3, -0.25) is 0 Å². The fourth-order valence-electron chi connectivity index (χ4n) is 2.63. The highest BCUT2D eigenvalue weighted by atomic mass is 16.3. The molecule has 0 aliphatic carbocycles. The maximum atomic E-state index is 10.0. The van der Waals surface area contributed by atoms with Crippen LogP contribution in [0.3, 0.4) is 0 Å². The molecule has 0 aromatic carbocycles. The molecule has 5 heteroatoms. The van der Waals surface area contributed by atoms with E-state index in [2.05, 4.69) is 26.8 Å². The fourth-order valence-corrected chi connectivity index (χ4v) is 2.63. The van der Waals surface area contributed by atoms with Crippen LogP contribution in [0.15, 0.2) is 12.5 Å². The van der Waals surface area contributed by atoms with Gasteiger partial charge in [-0.15, -0.1) is 0 Å². The summed E-state index contributed by atoms with van der Waals surface area (Å²) in [7, 11) is 0. The Labute approximate surface area is 112 Å². The van der Waals surface area contributed by atoms with Crippen LogP contribution in [0.5, 0.6) is 0 Å². The number of aryl methyl sites for hydroxylation is 1. The van der Waals surface area contributed by atoms with Crippen LogP contribution in [0.4, 0.5) is 5.82 Å². The molecule has 102 valence electrons. The molecule has 0 spiro atoms. The molecular weight excluding hydrogens is 240 g/mol. The third-order valence-electron chi connectivity index (χ3n) is 4.09. The third kappa shape index (κ3) is 1.98. The van der Waals surface area contributed by atoms with Crippen LogP contribution in [0, 0.1) is 5.92 Å². The Morgan fingerprint density at radius 2 is 2.16 bits per heavy atom. The van der Waals surface area contributed by atoms with Crippen molar-refractivity contribution < 1.29 is 5.11 Å². The number of aromatic nitrogens is 3. The Morgan fingerprint density at radius 1 is 1.42 bits per heavy atom. The standard InChI is InChI=1S/C14H20N4O/c1-4-9-5-15-12-11(9)13(17-8-16-12)18-6-10(7-18)14(2,3)19/h5,8,10,19H,4,6-7H2,1-3H3,(H,15,16,17). The smallest absolute Gasteiger partial charge is 0.143 e. The van der Waals surface area contributed by atoms with Crippen LogP contribution < -0.4 is 4.90 Å². The van der Waals surface area contributed by atoms with Crippen molar-refractivity contribution in [2.75, 3.05) is 18.0 Å². The largest absolute Gasteiger partial charge is 0.390 e. The lowest BCUT2D eigenvalue weighted by Crippen LogP contribution is -2.56. The van der Waals surface area contributed by atoms with Crippen LogP contribution in [-0.4, -0.2) is 38.7 Å². The van der Waals surface area contributed by atoms with Crippen LogP contribution in [-0.2, 0) is 6.42 Å². The first-order chi connectivity index (χ1) is 9.00. The van der Waals surface area contributed by atoms with E-state index >= 15 is 0 Å². The number of aromatic amines is 1. The predicted octanol–water partition coefficient (Wildman–Crippen LogP) is 1.73. The second kappa shape index (κ2) is 4.20. The summed E-state index contributed by atoms with van der Waals surface area (Å²) >= 11 is 0. The summed E-state index contributed by atoms with van der Waals surface area (Å²) in [5.41, 5.74) is 1.53. The van der Waals surface area contributed by atoms with Gasteiger partial charge in [-0.25, -0.2) is 9.97 Å². The molecule has 0 amide bonds. The summed E-state index contributed by atoms with van der Waals surface area (Å²) in [6.07, 6.45) is 4.57. The maximum Gasteiger partial charge on any atom is 0.143 e. The van der Waals surface area contributed by atoms with Crippen molar-refractivity contribution in [1.82, 2.24) is 15.0 Å². The summed E-state index contributed by atoms with van der Waals surface area (Å²) in [5, 5.41) is 11.1. The van der Waals surface area contributed by atoms with Gasteiger partial charge in [-0.1, -0.05) is 6.92 Å². The molecule has 3 heterocycles. The van der Waals surface area contributed by atoms with Crippen molar-refractivity contribution in [1.29, 1.82) is 0 Å². The number of nitrogens with zero attached hydrogens (tertiary/aromatic N) is 3. The monoisotopic (exact) mass is 260 g/mol. The zero-order valence-corrected chi connectivity index (χ0v) is 11.6. The number of H-pyrrole nitrogens is 1. The van der Waals surface area contributed by atoms with Gasteiger partial charge in [0.2, 0.25) is 0 Å². The van der Waals surface area contributed by atoms with E-state index in [0.29, 0.717) is 5.92 Å². The minimum atomic E-state index is -0.617. The number of anilines is 1. The molecule has 0 unspecified atom stereocenters. The average molecular weight is 260 g/mol. The van der Waals surface area contributed by atoms with Gasteiger partial charge >= 0.3 is 0 Å². The van der Waals surface area contributed by atoms with Gasteiger partial charge in [0.1, 0.15) is 17.8 Å². The Bertz CT molecular complexity index is 593. The highest BCUT2D eigenvalue weighted by Crippen LogP contribution is 2.34. The van der Waals surface area contributed by atoms with Crippen LogP contribution in [0.2, 0.25) is 0 Å². The molecule has 0 bridgehead atoms. The first-order valence-corrected chi connectivity index (χ1v) is 6.79. The van der Waals surface area contributed by atoms with Crippen molar-refractivity contribution >= 4 is 16.9 Å². The summed E-state index contributed by atoms with van der Waals surface area (Å²) in [6, 6.07) is 0. The second-order valence-electron chi connectivity index (χ2n) is 5.84. The number of hydrogen-bond acceptors (Lipinski definition) is 4. The zero-order valence-electron chi connectivity index (χ0n) is 11.6. The highest BCUT2D eigenvalue weighted by Gasteiger charge is 2.38. The molecule has 1 fully saturated rings. The van der Waals surface area contributed by atoms with E-state index < -0.39 is 5.60 Å². The van der Waals surface area contributed by atoms with Crippen LogP contribution >= 0.6 is 0 Å². The lowest BCUT2D eigenvalue weighted by Gasteiger charge is -2.46. The van der Waals surface area contributed by atoms with Gasteiger partial charge in [0.05, 0.1) is 11.0 Å². The molecule has 19 heavy (non-hydrogen) atoms. The lowest BCUT2D eigenvalue weighted by molar-refractivity contribution is 0.00446. The van der Waals surface area contributed by atoms with Crippen LogP contribution in [0.1, 0.15) is 26.3 Å². The summed E-state index contributed by atoms with van der Waals surface area (Å²) < 4.78 is 0. The van der Waals surface area contributed by atoms with E-state index in [4.69, 9.17) is 0 Å². The molecule has 1 aliphatic rings. The number of nitrogens with one attached hydrogen (secondary N) is 1. The van der Waals surface area contributed by atoms with Crippen molar-refractivity contribution in [2.45, 2.75) is 32.8 Å². The molecule has 1 aliphatic heterocycles. The first-order valence-electron chi connectivity index (χ1n) is 6.79. The van der Waals surface area contributed by atoms with E-state index in [-0.39, 0.29) is 0 Å². The summed E-state index contributed by atoms with van der Waals surface area (Å²) in [5.74, 6) is 1.30. The molecule has 0 saturated carbocycles. The molecule has 1 saturated heterocycles. The molecule has 3 rings (SSSR count). The zero-order chi connectivity index (χ0) is 13.6. The summed E-state index contributed by atoms with van der Waals surface area (Å²) in [4.78, 5) is 14.1. The van der Waals surface area contributed by atoms with E-state index in [1.165, 1.54) is 5.56 Å². The number of fused-ring (bicyclic) bond motifs is 1. The van der Waals surface area contributed by atoms with E-state index in [9.17, 15) is 5.11 Å². The van der Waals surface area contributed by atoms with Gasteiger partial charge in [0.25, 0.3) is 0 Å². The Kier molecular flexibility index (Phi) is 2.74. The topological polar surface area (TPSA) is 65.0 Å². The van der Waals surface area contributed by atoms with Gasteiger partial charge < -0.3 is 15.0 Å². The number of rotatable bonds is 3. The molecule has 5 nitrogen and oxygen atoms in total. The maximum absolute atomic E-state index is 10.0. The molecular formula is C14H20N4O. The van der Waals surface area contributed by atoms with Crippen molar-refractivity contribution in [3.05, 3.63) is 18.1 Å². The SMILES string of the molecule is CCc1c[nH]c2ncnc(N3CC(C(C)(C)O)C3)c12. The Balaban J connectivity index is 1.92. The van der Waals surface area contributed by atoms with Crippen molar-refractivity contribution in [2.24, 2.45) is 5.92 Å². The Hall–Kier alpha value is -1.62. The molecule has 2 N–H and O–H groups in total. The number of hydrogen-bond donors (Lipinski definition) is 2. The quantitative estimate of drug-likeness (QED) is 0.882. The van der Waals surface area contributed by atoms with Gasteiger partial charge in [0.15, 0.2) is 0 Å². The van der Waals surface area contributed by atoms with Gasteiger partial charge in [0, 0.05) is 25.2 Å². The lowest BCUT2D eigenvalue weighted by atomic mass is 9.84. The average Bonchev–Trinajstić information content (AvgIpc) is 2.68. The normalized spacial score (nSPS) is 16.9. The minimum absolute atomic E-state index is 0.307. The second-order valence-corrected chi connectivity index (χ2v) is 5.84. The summed E-state index contributed by atoms with van der Waals surface area (Å²) in [6.45, 7) is 7.58. The molecule has 2 aromatic heterocycles. The van der Waals surface area contributed by atoms with E-state index in [0.717, 1.165) is 36.4 Å².